The second-order valence-electron chi connectivity index (χ2n) is 25.1. The molecule has 5 unspecified atom stereocenters. The third kappa shape index (κ3) is 16.5. The van der Waals surface area contributed by atoms with E-state index in [1.165, 1.54) is 37.4 Å². The Labute approximate surface area is 571 Å². The van der Waals surface area contributed by atoms with Crippen molar-refractivity contribution in [1.82, 2.24) is 31.9 Å². The van der Waals surface area contributed by atoms with Crippen LogP contribution in [0.15, 0.2) is 78.9 Å². The summed E-state index contributed by atoms with van der Waals surface area (Å²) in [5, 5.41) is 128. The van der Waals surface area contributed by atoms with E-state index in [2.05, 4.69) is 31.9 Å². The van der Waals surface area contributed by atoms with Gasteiger partial charge in [-0.3, -0.25) is 33.6 Å². The number of aliphatic hydroxyl groups excluding tert-OH is 6. The topological polar surface area (TPSA) is 448 Å². The second-order valence-corrected chi connectivity index (χ2v) is 25.9. The van der Waals surface area contributed by atoms with E-state index in [0.29, 0.717) is 12.8 Å². The number of aliphatic hydroxyl groups is 6. The van der Waals surface area contributed by atoms with Crippen LogP contribution in [-0.2, 0) is 43.1 Å². The maximum Gasteiger partial charge on any atom is 0.330 e. The number of rotatable bonds is 17. The number of likely N-dealkylation sites (N-methyl/N-ethyl adjacent to an activating group) is 1. The number of ether oxygens (including phenoxy) is 4. The van der Waals surface area contributed by atoms with Crippen LogP contribution in [0.1, 0.15) is 137 Å². The Morgan fingerprint density at radius 2 is 1.33 bits per heavy atom. The Balaban J connectivity index is 1.31. The highest BCUT2D eigenvalue weighted by Crippen LogP contribution is 2.50. The normalized spacial score (nSPS) is 25.4. The van der Waals surface area contributed by atoms with Crippen molar-refractivity contribution in [3.05, 3.63) is 117 Å². The molecule has 0 aromatic heterocycles. The molecule has 0 aliphatic carbocycles. The maximum atomic E-state index is 16.1. The number of ketones is 2. The average molecular weight is 1400 g/mol. The number of amides is 5. The molecular formula is C68H78Cl2N6O22. The molecule has 11 bridgehead atoms. The van der Waals surface area contributed by atoms with E-state index in [0.717, 1.165) is 67.8 Å². The minimum atomic E-state index is -2.21. The van der Waals surface area contributed by atoms with Gasteiger partial charge in [-0.15, -0.1) is 0 Å². The van der Waals surface area contributed by atoms with Crippen LogP contribution in [0.2, 0.25) is 10.0 Å². The van der Waals surface area contributed by atoms with Crippen molar-refractivity contribution >= 4 is 70.3 Å². The lowest BCUT2D eigenvalue weighted by Crippen LogP contribution is -2.60. The first-order valence-electron chi connectivity index (χ1n) is 31.9. The summed E-state index contributed by atoms with van der Waals surface area (Å²) >= 11 is 14.0. The number of aliphatic carboxylic acids is 1. The lowest BCUT2D eigenvalue weighted by Gasteiger charge is -2.39. The van der Waals surface area contributed by atoms with Crippen molar-refractivity contribution < 1.29 is 108 Å². The summed E-state index contributed by atoms with van der Waals surface area (Å²) in [6, 6.07) is 5.08. The molecule has 1 fully saturated rings. The summed E-state index contributed by atoms with van der Waals surface area (Å²) < 4.78 is 25.2. The molecule has 0 saturated carbocycles. The number of carboxylic acids is 1. The van der Waals surface area contributed by atoms with Gasteiger partial charge in [0.05, 0.1) is 34.5 Å². The van der Waals surface area contributed by atoms with E-state index in [1.807, 2.05) is 20.8 Å². The van der Waals surface area contributed by atoms with E-state index < -0.39 is 214 Å². The molecule has 6 aliphatic rings. The highest BCUT2D eigenvalue weighted by atomic mass is 35.5. The first kappa shape index (κ1) is 73.6. The van der Waals surface area contributed by atoms with E-state index in [4.69, 9.17) is 42.1 Å². The molecule has 5 aromatic rings. The number of Topliss-reactive ketones (excluding diaryl/α,β-unsaturated/α-hetero) is 2. The second kappa shape index (κ2) is 31.9. The molecule has 0 radical (unpaired) electrons. The number of aromatic hydroxyl groups is 3. The quantitative estimate of drug-likeness (QED) is 0.0572. The summed E-state index contributed by atoms with van der Waals surface area (Å²) in [5.74, 6) is -17.1. The minimum absolute atomic E-state index is 0.00581. The van der Waals surface area contributed by atoms with Gasteiger partial charge in [0.1, 0.15) is 83.5 Å². The molecule has 16 N–H and O–H groups in total. The summed E-state index contributed by atoms with van der Waals surface area (Å²) in [5.41, 5.74) is -2.23. The highest BCUT2D eigenvalue weighted by molar-refractivity contribution is 6.32. The van der Waals surface area contributed by atoms with Crippen molar-refractivity contribution in [2.45, 2.75) is 158 Å². The van der Waals surface area contributed by atoms with Gasteiger partial charge in [0, 0.05) is 48.6 Å². The summed E-state index contributed by atoms with van der Waals surface area (Å²) in [4.78, 5) is 118. The van der Waals surface area contributed by atoms with Crippen molar-refractivity contribution in [3.8, 4) is 57.1 Å². The van der Waals surface area contributed by atoms with E-state index in [-0.39, 0.29) is 57.5 Å². The predicted molar refractivity (Wildman–Crippen MR) is 348 cm³/mol. The highest BCUT2D eigenvalue weighted by Gasteiger charge is 2.47. The van der Waals surface area contributed by atoms with Crippen LogP contribution in [-0.4, -0.2) is 167 Å². The number of hydrogen-bond donors (Lipinski definition) is 16. The molecule has 11 rings (SSSR count). The molecule has 6 aliphatic heterocycles. The lowest BCUT2D eigenvalue weighted by molar-refractivity contribution is -0.277. The molecule has 5 amide bonds. The van der Waals surface area contributed by atoms with Crippen molar-refractivity contribution in [1.29, 1.82) is 0 Å². The number of phenolic OH excluding ortho intramolecular Hbond substituents is 3. The van der Waals surface area contributed by atoms with Crippen LogP contribution in [0, 0.1) is 11.8 Å². The van der Waals surface area contributed by atoms with Gasteiger partial charge in [0.2, 0.25) is 41.6 Å². The standard InChI is InChI=1S/C68H78Cl2N6O22/c1-5-6-7-8-9-10-51(83)72-27-34-21-44(81)55(75-65(91)41(71-4)17-29(2)3)57(84)31-12-15-46(39(69)19-31)95-48-22-33-23-49(62(48)98-68-61(88)60(87)59(86)50(28-77)97-68)96-47-16-13-32(20-40(47)70)58(85)56-66(92)74-54(67(93)94)38-24-35(78)25-43(80)52(38)37-18-30(11-14-42(37)79)36(64(90)76-56)26-45(82)53(33)73-63(34)89/h11-16,18-20,22-25,29,34,36,41,50,53-61,68,71,77-80,84-88H,5-10,17,21,26-28H2,1-4H3,(H,72,83)(H,73,89)(H,74,92)(H,75,91)(H,76,90)(H,93,94)/t34-,36+,41+,50?,53+,54-,55-,56-,57+,58+,59?,60?,61?,68?/m0/s1. The number of unbranched alkanes of at least 4 members (excludes halogenated alkanes) is 4. The van der Waals surface area contributed by atoms with E-state index in [9.17, 15) is 70.2 Å². The van der Waals surface area contributed by atoms with E-state index in [1.54, 1.807) is 0 Å². The molecular weight excluding hydrogens is 1320 g/mol. The van der Waals surface area contributed by atoms with Gasteiger partial charge in [-0.1, -0.05) is 87.9 Å². The van der Waals surface area contributed by atoms with Crippen LogP contribution in [0.25, 0.3) is 11.1 Å². The van der Waals surface area contributed by atoms with Crippen LogP contribution >= 0.6 is 23.2 Å². The fourth-order valence-electron chi connectivity index (χ4n) is 12.2. The lowest BCUT2D eigenvalue weighted by atomic mass is 9.84. The summed E-state index contributed by atoms with van der Waals surface area (Å²) in [7, 11) is 1.52. The Bertz CT molecular complexity index is 3860. The zero-order valence-electron chi connectivity index (χ0n) is 53.6. The largest absolute Gasteiger partial charge is 0.508 e. The Hall–Kier alpha value is -8.68. The molecule has 98 heavy (non-hydrogen) atoms. The van der Waals surface area contributed by atoms with Gasteiger partial charge in [-0.2, -0.15) is 0 Å². The van der Waals surface area contributed by atoms with Crippen molar-refractivity contribution in [2.75, 3.05) is 20.2 Å². The third-order valence-electron chi connectivity index (χ3n) is 17.6. The molecule has 0 spiro atoms. The zero-order valence-corrected chi connectivity index (χ0v) is 55.1. The minimum Gasteiger partial charge on any atom is -0.508 e. The average Bonchev–Trinajstić information content (AvgIpc) is 0.762. The Morgan fingerprint density at radius 1 is 0.684 bits per heavy atom. The summed E-state index contributed by atoms with van der Waals surface area (Å²) in [6.45, 7) is 4.20. The first-order chi connectivity index (χ1) is 46.6. The van der Waals surface area contributed by atoms with Crippen LogP contribution in [0.5, 0.6) is 46.0 Å². The molecule has 1 saturated heterocycles. The first-order valence-corrected chi connectivity index (χ1v) is 32.7. The predicted octanol–water partition coefficient (Wildman–Crippen LogP) is 4.45. The smallest absolute Gasteiger partial charge is 0.330 e. The van der Waals surface area contributed by atoms with Crippen molar-refractivity contribution in [2.24, 2.45) is 11.8 Å². The third-order valence-corrected chi connectivity index (χ3v) is 18.2. The van der Waals surface area contributed by atoms with Crippen molar-refractivity contribution in [3.63, 3.8) is 0 Å². The molecule has 526 valence electrons. The van der Waals surface area contributed by atoms with Gasteiger partial charge >= 0.3 is 5.97 Å². The Morgan fingerprint density at radius 3 is 1.94 bits per heavy atom. The van der Waals surface area contributed by atoms with Crippen LogP contribution < -0.4 is 46.1 Å². The zero-order chi connectivity index (χ0) is 71.1. The number of fused-ring (bicyclic) bond motifs is 15. The molecule has 5 aromatic carbocycles. The fraction of sp³-hybridized carbons (Fsp3) is 0.441. The van der Waals surface area contributed by atoms with Crippen LogP contribution in [0.4, 0.5) is 0 Å². The number of hydrogen-bond acceptors (Lipinski definition) is 22. The molecule has 30 heteroatoms. The monoisotopic (exact) mass is 1400 g/mol. The number of halogens is 2. The number of carboxylic acid groups (broad SMARTS) is 1. The van der Waals surface area contributed by atoms with Gasteiger partial charge in [0.25, 0.3) is 0 Å². The van der Waals surface area contributed by atoms with Crippen LogP contribution in [0.3, 0.4) is 0 Å². The SMILES string of the molecule is CCCCCCCC(=O)NC[C@@H]1CC(=O)[C@H](NC(=O)[C@@H](CC(C)C)NC)[C@H](O)c2ccc(c(Cl)c2)Oc2cc3cc(c2OC2OC(CO)C(O)C(O)C2O)Oc2ccc(cc2Cl)[C@@H](O)[C@@H]2NC(=O)[C@H](CC(=O)[C@@H]3NC1=O)c1ccc(O)c(c1)-c1c(O)cc(O)cc1[C@@H](C(=O)O)NC2=O. The molecule has 6 heterocycles. The van der Waals surface area contributed by atoms with Gasteiger partial charge in [-0.25, -0.2) is 4.79 Å². The number of carbonyl (C=O) groups is 8. The fourth-order valence-corrected chi connectivity index (χ4v) is 12.7. The number of phenols is 3. The molecule has 14 atom stereocenters. The number of benzene rings is 5. The molecule has 28 nitrogen and oxygen atoms in total. The van der Waals surface area contributed by atoms with E-state index >= 15 is 19.2 Å². The number of carbonyl (C=O) groups excluding carboxylic acids is 7. The summed E-state index contributed by atoms with van der Waals surface area (Å²) in [6.07, 6.45) is -11.7. The maximum absolute atomic E-state index is 16.1. The van der Waals surface area contributed by atoms with Gasteiger partial charge < -0.3 is 102 Å². The number of nitrogens with one attached hydrogen (secondary N) is 6. The van der Waals surface area contributed by atoms with Gasteiger partial charge in [0.15, 0.2) is 29.1 Å². The Kier molecular flexibility index (Phi) is 23.9. The van der Waals surface area contributed by atoms with Gasteiger partial charge in [-0.05, 0) is 103 Å².